The van der Waals surface area contributed by atoms with Crippen LogP contribution < -0.4 is 10.9 Å². The van der Waals surface area contributed by atoms with Crippen LogP contribution >= 0.6 is 0 Å². The third-order valence-corrected chi connectivity index (χ3v) is 4.06. The summed E-state index contributed by atoms with van der Waals surface area (Å²) in [4.78, 5) is 31.7. The van der Waals surface area contributed by atoms with Gasteiger partial charge in [0.1, 0.15) is 0 Å². The van der Waals surface area contributed by atoms with Crippen molar-refractivity contribution in [2.75, 3.05) is 5.32 Å². The smallest absolute Gasteiger partial charge is 0.260 e. The Morgan fingerprint density at radius 3 is 2.23 bits per heavy atom. The summed E-state index contributed by atoms with van der Waals surface area (Å²) in [6.07, 6.45) is 0. The third-order valence-electron chi connectivity index (χ3n) is 4.06. The van der Waals surface area contributed by atoms with Crippen molar-refractivity contribution in [3.05, 3.63) is 100 Å². The summed E-state index contributed by atoms with van der Waals surface area (Å²) in [5, 5.41) is 3.61. The van der Waals surface area contributed by atoms with Crippen LogP contribution in [0.3, 0.4) is 0 Å². The van der Waals surface area contributed by atoms with Crippen LogP contribution in [0.1, 0.15) is 15.9 Å². The normalized spacial score (nSPS) is 10.6. The summed E-state index contributed by atoms with van der Waals surface area (Å²) in [5.41, 5.74) is 2.40. The highest BCUT2D eigenvalue weighted by atomic mass is 16.1. The molecule has 26 heavy (non-hydrogen) atoms. The zero-order chi connectivity index (χ0) is 17.9. The van der Waals surface area contributed by atoms with Crippen molar-refractivity contribution < 1.29 is 4.79 Å². The molecule has 5 nitrogen and oxygen atoms in total. The van der Waals surface area contributed by atoms with E-state index in [1.807, 2.05) is 24.3 Å². The van der Waals surface area contributed by atoms with Crippen LogP contribution in [0.25, 0.3) is 10.9 Å². The molecule has 126 valence electrons. The van der Waals surface area contributed by atoms with Crippen molar-refractivity contribution in [1.82, 2.24) is 9.97 Å². The quantitative estimate of drug-likeness (QED) is 0.552. The van der Waals surface area contributed by atoms with Crippen LogP contribution in [0.5, 0.6) is 0 Å². The first-order valence-electron chi connectivity index (χ1n) is 8.16. The fourth-order valence-electron chi connectivity index (χ4n) is 2.74. The van der Waals surface area contributed by atoms with Gasteiger partial charge in [0.05, 0.1) is 10.9 Å². The van der Waals surface area contributed by atoms with E-state index in [0.717, 1.165) is 5.69 Å². The molecule has 4 aromatic rings. The lowest BCUT2D eigenvalue weighted by Gasteiger charge is -2.07. The van der Waals surface area contributed by atoms with E-state index in [4.69, 9.17) is 0 Å². The third kappa shape index (κ3) is 3.10. The van der Waals surface area contributed by atoms with E-state index in [-0.39, 0.29) is 11.3 Å². The molecular weight excluding hydrogens is 326 g/mol. The number of nitrogens with zero attached hydrogens (tertiary/aromatic N) is 1. The van der Waals surface area contributed by atoms with Crippen molar-refractivity contribution in [2.24, 2.45) is 0 Å². The second-order valence-corrected chi connectivity index (χ2v) is 5.83. The zero-order valence-electron chi connectivity index (χ0n) is 13.8. The Hall–Kier alpha value is -3.73. The van der Waals surface area contributed by atoms with Crippen LogP contribution in [0, 0.1) is 0 Å². The van der Waals surface area contributed by atoms with E-state index in [9.17, 15) is 9.59 Å². The maximum atomic E-state index is 12.4. The minimum atomic E-state index is -0.200. The average Bonchev–Trinajstić information content (AvgIpc) is 2.69. The van der Waals surface area contributed by atoms with Crippen LogP contribution in [-0.2, 0) is 0 Å². The number of para-hydroxylation sites is 1. The molecule has 5 heteroatoms. The van der Waals surface area contributed by atoms with Gasteiger partial charge < -0.3 is 5.32 Å². The number of carbonyl (C=O) groups excluding carboxylic acids is 1. The number of ketones is 1. The zero-order valence-corrected chi connectivity index (χ0v) is 13.8. The summed E-state index contributed by atoms with van der Waals surface area (Å²) in [6.45, 7) is 0. The molecule has 4 rings (SSSR count). The van der Waals surface area contributed by atoms with Crippen LogP contribution in [0.15, 0.2) is 83.7 Å². The van der Waals surface area contributed by atoms with Crippen LogP contribution in [0.4, 0.5) is 11.6 Å². The van der Waals surface area contributed by atoms with E-state index in [0.29, 0.717) is 28.0 Å². The van der Waals surface area contributed by atoms with Crippen LogP contribution in [0.2, 0.25) is 0 Å². The largest absolute Gasteiger partial charge is 0.326 e. The minimum absolute atomic E-state index is 0.0330. The molecule has 0 aliphatic carbocycles. The van der Waals surface area contributed by atoms with Gasteiger partial charge in [-0.05, 0) is 36.4 Å². The Morgan fingerprint density at radius 1 is 0.808 bits per heavy atom. The highest BCUT2D eigenvalue weighted by molar-refractivity contribution is 6.09. The number of aromatic amines is 1. The van der Waals surface area contributed by atoms with E-state index in [1.54, 1.807) is 54.6 Å². The number of aromatic nitrogens is 2. The number of H-pyrrole nitrogens is 1. The summed E-state index contributed by atoms with van der Waals surface area (Å²) in [6, 6.07) is 23.3. The monoisotopic (exact) mass is 341 g/mol. The van der Waals surface area contributed by atoms with E-state index in [2.05, 4.69) is 15.3 Å². The van der Waals surface area contributed by atoms with Crippen LogP contribution in [-0.4, -0.2) is 15.8 Å². The Bertz CT molecular complexity index is 1130. The summed E-state index contributed by atoms with van der Waals surface area (Å²) in [7, 11) is 0. The van der Waals surface area contributed by atoms with Crippen molar-refractivity contribution in [1.29, 1.82) is 0 Å². The number of nitrogens with one attached hydrogen (secondary N) is 2. The lowest BCUT2D eigenvalue weighted by molar-refractivity contribution is 0.103. The summed E-state index contributed by atoms with van der Waals surface area (Å²) >= 11 is 0. The first kappa shape index (κ1) is 15.8. The van der Waals surface area contributed by atoms with Crippen molar-refractivity contribution in [2.45, 2.75) is 0 Å². The summed E-state index contributed by atoms with van der Waals surface area (Å²) in [5.74, 6) is 0.324. The molecule has 0 unspecified atom stereocenters. The molecule has 0 atom stereocenters. The van der Waals surface area contributed by atoms with E-state index in [1.165, 1.54) is 0 Å². The molecule has 0 saturated carbocycles. The SMILES string of the molecule is O=C(c1ccccc1)c1ccc(Nc2nc3ccccc3c(=O)[nH]2)cc1. The van der Waals surface area contributed by atoms with Crippen molar-refractivity contribution in [3.63, 3.8) is 0 Å². The van der Waals surface area contributed by atoms with Crippen molar-refractivity contribution >= 4 is 28.3 Å². The molecule has 1 heterocycles. The molecule has 3 aromatic carbocycles. The highest BCUT2D eigenvalue weighted by Crippen LogP contribution is 2.17. The highest BCUT2D eigenvalue weighted by Gasteiger charge is 2.09. The molecule has 0 aliphatic rings. The fourth-order valence-corrected chi connectivity index (χ4v) is 2.74. The van der Waals surface area contributed by atoms with E-state index < -0.39 is 0 Å². The number of anilines is 2. The Balaban J connectivity index is 1.58. The van der Waals surface area contributed by atoms with Gasteiger partial charge in [-0.3, -0.25) is 14.6 Å². The molecule has 0 radical (unpaired) electrons. The van der Waals surface area contributed by atoms with Gasteiger partial charge in [-0.2, -0.15) is 0 Å². The Morgan fingerprint density at radius 2 is 1.46 bits per heavy atom. The van der Waals surface area contributed by atoms with Gasteiger partial charge in [-0.1, -0.05) is 42.5 Å². The van der Waals surface area contributed by atoms with Gasteiger partial charge in [0.15, 0.2) is 5.78 Å². The number of hydrogen-bond donors (Lipinski definition) is 2. The first-order chi connectivity index (χ1) is 12.7. The maximum Gasteiger partial charge on any atom is 0.260 e. The number of carbonyl (C=O) groups is 1. The predicted octanol–water partition coefficient (Wildman–Crippen LogP) is 3.90. The topological polar surface area (TPSA) is 74.8 Å². The maximum absolute atomic E-state index is 12.4. The molecule has 0 amide bonds. The van der Waals surface area contributed by atoms with Gasteiger partial charge in [-0.25, -0.2) is 4.98 Å². The lowest BCUT2D eigenvalue weighted by Crippen LogP contribution is -2.11. The number of rotatable bonds is 4. The second-order valence-electron chi connectivity index (χ2n) is 5.83. The average molecular weight is 341 g/mol. The molecule has 0 fully saturated rings. The predicted molar refractivity (Wildman–Crippen MR) is 102 cm³/mol. The Kier molecular flexibility index (Phi) is 4.03. The second kappa shape index (κ2) is 6.64. The van der Waals surface area contributed by atoms with Gasteiger partial charge in [0.25, 0.3) is 5.56 Å². The van der Waals surface area contributed by atoms with Gasteiger partial charge in [0.2, 0.25) is 5.95 Å². The lowest BCUT2D eigenvalue weighted by atomic mass is 10.0. The first-order valence-corrected chi connectivity index (χ1v) is 8.16. The molecular formula is C21H15N3O2. The van der Waals surface area contributed by atoms with Crippen molar-refractivity contribution in [3.8, 4) is 0 Å². The van der Waals surface area contributed by atoms with Gasteiger partial charge in [0, 0.05) is 16.8 Å². The molecule has 0 saturated heterocycles. The van der Waals surface area contributed by atoms with E-state index >= 15 is 0 Å². The molecule has 0 bridgehead atoms. The number of benzene rings is 3. The Labute approximate surface area is 149 Å². The van der Waals surface area contributed by atoms with Gasteiger partial charge >= 0.3 is 0 Å². The molecule has 2 N–H and O–H groups in total. The number of fused-ring (bicyclic) bond motifs is 1. The number of hydrogen-bond acceptors (Lipinski definition) is 4. The minimum Gasteiger partial charge on any atom is -0.326 e. The molecule has 0 spiro atoms. The molecule has 1 aromatic heterocycles. The van der Waals surface area contributed by atoms with Gasteiger partial charge in [-0.15, -0.1) is 0 Å². The standard InChI is InChI=1S/C21H15N3O2/c25-19(14-6-2-1-3-7-14)15-10-12-16(13-11-15)22-21-23-18-9-5-4-8-17(18)20(26)24-21/h1-13H,(H2,22,23,24,26). The molecule has 0 aliphatic heterocycles. The summed E-state index contributed by atoms with van der Waals surface area (Å²) < 4.78 is 0. The fraction of sp³-hybridized carbons (Fsp3) is 0.